The molecule has 24 heavy (non-hydrogen) atoms. The molecule has 9 nitrogen and oxygen atoms in total. The standard InChI is InChI=1S/C15H30N2O7/c1-15(2,3)24-14(23)17-6-4-16(5-7-17)8-10(19)12(21)13(22)11(20)9-18/h10-13,18-22H,4-9H2,1-3H3/t10-,11+,12+,13-/m0/s1. The van der Waals surface area contributed by atoms with Gasteiger partial charge >= 0.3 is 6.09 Å². The van der Waals surface area contributed by atoms with Crippen LogP contribution in [0.15, 0.2) is 0 Å². The second kappa shape index (κ2) is 8.93. The fraction of sp³-hybridized carbons (Fsp3) is 0.933. The van der Waals surface area contributed by atoms with Crippen molar-refractivity contribution in [1.82, 2.24) is 9.80 Å². The lowest BCUT2D eigenvalue weighted by molar-refractivity contribution is -0.120. The van der Waals surface area contributed by atoms with Gasteiger partial charge in [0, 0.05) is 32.7 Å². The number of carbonyl (C=O) groups is 1. The predicted octanol–water partition coefficient (Wildman–Crippen LogP) is -2.02. The van der Waals surface area contributed by atoms with Gasteiger partial charge in [0.1, 0.15) is 23.9 Å². The summed E-state index contributed by atoms with van der Waals surface area (Å²) in [5, 5.41) is 47.4. The third kappa shape index (κ3) is 6.50. The van der Waals surface area contributed by atoms with Gasteiger partial charge in [-0.1, -0.05) is 0 Å². The van der Waals surface area contributed by atoms with E-state index >= 15 is 0 Å². The van der Waals surface area contributed by atoms with E-state index in [1.807, 2.05) is 4.90 Å². The zero-order valence-corrected chi connectivity index (χ0v) is 14.5. The molecule has 1 heterocycles. The van der Waals surface area contributed by atoms with Crippen LogP contribution in [0.2, 0.25) is 0 Å². The second-order valence-electron chi connectivity index (χ2n) is 7.07. The molecule has 4 atom stereocenters. The molecule has 0 unspecified atom stereocenters. The number of aliphatic hydroxyl groups is 5. The summed E-state index contributed by atoms with van der Waals surface area (Å²) in [5.41, 5.74) is -0.557. The molecule has 0 aromatic rings. The number of β-amino-alcohol motifs (C(OH)–C–C–N with tert-alkyl or cyclic N) is 1. The lowest BCUT2D eigenvalue weighted by Gasteiger charge is -2.37. The number of aliphatic hydroxyl groups excluding tert-OH is 5. The van der Waals surface area contributed by atoms with Crippen LogP contribution in [0.5, 0.6) is 0 Å². The minimum atomic E-state index is -1.63. The lowest BCUT2D eigenvalue weighted by Crippen LogP contribution is -2.54. The van der Waals surface area contributed by atoms with Gasteiger partial charge in [-0.25, -0.2) is 4.79 Å². The number of ether oxygens (including phenoxy) is 1. The van der Waals surface area contributed by atoms with E-state index < -0.39 is 36.6 Å². The fourth-order valence-electron chi connectivity index (χ4n) is 2.38. The fourth-order valence-corrected chi connectivity index (χ4v) is 2.38. The normalized spacial score (nSPS) is 21.9. The molecular weight excluding hydrogens is 320 g/mol. The van der Waals surface area contributed by atoms with Gasteiger partial charge in [-0.2, -0.15) is 0 Å². The molecule has 0 bridgehead atoms. The highest BCUT2D eigenvalue weighted by molar-refractivity contribution is 5.68. The Labute approximate surface area is 142 Å². The quantitative estimate of drug-likeness (QED) is 0.370. The maximum Gasteiger partial charge on any atom is 0.410 e. The number of amides is 1. The van der Waals surface area contributed by atoms with Crippen LogP contribution in [0.3, 0.4) is 0 Å². The zero-order chi connectivity index (χ0) is 18.5. The number of hydrogen-bond acceptors (Lipinski definition) is 8. The first-order valence-electron chi connectivity index (χ1n) is 8.08. The third-order valence-corrected chi connectivity index (χ3v) is 3.79. The van der Waals surface area contributed by atoms with E-state index in [9.17, 15) is 25.2 Å². The van der Waals surface area contributed by atoms with Gasteiger partial charge in [-0.15, -0.1) is 0 Å². The van der Waals surface area contributed by atoms with Crippen molar-refractivity contribution in [2.75, 3.05) is 39.3 Å². The Bertz CT molecular complexity index is 394. The first kappa shape index (κ1) is 21.1. The van der Waals surface area contributed by atoms with Gasteiger partial charge in [0.05, 0.1) is 12.7 Å². The van der Waals surface area contributed by atoms with Gasteiger partial charge < -0.3 is 35.2 Å². The van der Waals surface area contributed by atoms with Crippen molar-refractivity contribution in [3.05, 3.63) is 0 Å². The summed E-state index contributed by atoms with van der Waals surface area (Å²) < 4.78 is 5.30. The highest BCUT2D eigenvalue weighted by Crippen LogP contribution is 2.13. The van der Waals surface area contributed by atoms with Crippen molar-refractivity contribution in [1.29, 1.82) is 0 Å². The van der Waals surface area contributed by atoms with Crippen LogP contribution in [0.4, 0.5) is 4.79 Å². The van der Waals surface area contributed by atoms with Crippen LogP contribution in [-0.2, 0) is 4.74 Å². The Hall–Kier alpha value is -0.970. The number of nitrogens with zero attached hydrogens (tertiary/aromatic N) is 2. The molecule has 1 aliphatic heterocycles. The summed E-state index contributed by atoms with van der Waals surface area (Å²) in [4.78, 5) is 15.4. The van der Waals surface area contributed by atoms with Crippen molar-refractivity contribution >= 4 is 6.09 Å². The average molecular weight is 350 g/mol. The highest BCUT2D eigenvalue weighted by atomic mass is 16.6. The van der Waals surface area contributed by atoms with Gasteiger partial charge in [0.25, 0.3) is 0 Å². The summed E-state index contributed by atoms with van der Waals surface area (Å²) in [7, 11) is 0. The number of hydrogen-bond donors (Lipinski definition) is 5. The van der Waals surface area contributed by atoms with Crippen LogP contribution in [0.25, 0.3) is 0 Å². The molecule has 9 heteroatoms. The van der Waals surface area contributed by atoms with Crippen LogP contribution >= 0.6 is 0 Å². The third-order valence-electron chi connectivity index (χ3n) is 3.79. The minimum Gasteiger partial charge on any atom is -0.444 e. The van der Waals surface area contributed by atoms with Gasteiger partial charge in [-0.05, 0) is 20.8 Å². The highest BCUT2D eigenvalue weighted by Gasteiger charge is 2.32. The molecule has 1 amide bonds. The Morgan fingerprint density at radius 2 is 1.50 bits per heavy atom. The van der Waals surface area contributed by atoms with Gasteiger partial charge in [0.15, 0.2) is 0 Å². The molecule has 0 radical (unpaired) electrons. The van der Waals surface area contributed by atoms with Crippen LogP contribution in [0, 0.1) is 0 Å². The van der Waals surface area contributed by atoms with E-state index in [0.29, 0.717) is 26.2 Å². The van der Waals surface area contributed by atoms with E-state index in [-0.39, 0.29) is 12.6 Å². The Morgan fingerprint density at radius 1 is 1.00 bits per heavy atom. The van der Waals surface area contributed by atoms with Crippen molar-refractivity contribution < 1.29 is 35.1 Å². The number of piperazine rings is 1. The molecule has 0 aromatic heterocycles. The van der Waals surface area contributed by atoms with Crippen molar-refractivity contribution in [2.24, 2.45) is 0 Å². The molecule has 0 aromatic carbocycles. The maximum atomic E-state index is 12.0. The van der Waals surface area contributed by atoms with Crippen LogP contribution in [-0.4, -0.2) is 111 Å². The summed E-state index contributed by atoms with van der Waals surface area (Å²) in [6.07, 6.45) is -6.39. The Kier molecular flexibility index (Phi) is 7.84. The molecule has 0 spiro atoms. The molecular formula is C15H30N2O7. The second-order valence-corrected chi connectivity index (χ2v) is 7.07. The minimum absolute atomic E-state index is 0.0819. The molecule has 0 saturated carbocycles. The average Bonchev–Trinajstić information content (AvgIpc) is 2.51. The lowest BCUT2D eigenvalue weighted by atomic mass is 10.0. The van der Waals surface area contributed by atoms with E-state index in [1.165, 1.54) is 0 Å². The topological polar surface area (TPSA) is 134 Å². The van der Waals surface area contributed by atoms with E-state index in [0.717, 1.165) is 0 Å². The molecule has 5 N–H and O–H groups in total. The monoisotopic (exact) mass is 350 g/mol. The summed E-state index contributed by atoms with van der Waals surface area (Å²) in [5.74, 6) is 0. The predicted molar refractivity (Wildman–Crippen MR) is 85.4 cm³/mol. The zero-order valence-electron chi connectivity index (χ0n) is 14.5. The van der Waals surface area contributed by atoms with Crippen molar-refractivity contribution in [2.45, 2.75) is 50.8 Å². The molecule has 0 aliphatic carbocycles. The molecule has 1 rings (SSSR count). The molecule has 1 fully saturated rings. The van der Waals surface area contributed by atoms with Crippen molar-refractivity contribution in [3.8, 4) is 0 Å². The number of carbonyl (C=O) groups excluding carboxylic acids is 1. The molecule has 142 valence electrons. The first-order chi connectivity index (χ1) is 11.0. The molecule has 1 saturated heterocycles. The summed E-state index contributed by atoms with van der Waals surface area (Å²) in [6, 6.07) is 0. The first-order valence-corrected chi connectivity index (χ1v) is 8.08. The van der Waals surface area contributed by atoms with Crippen molar-refractivity contribution in [3.63, 3.8) is 0 Å². The maximum absolute atomic E-state index is 12.0. The number of rotatable bonds is 6. The smallest absolute Gasteiger partial charge is 0.410 e. The molecule has 1 aliphatic rings. The van der Waals surface area contributed by atoms with Crippen LogP contribution in [0.1, 0.15) is 20.8 Å². The van der Waals surface area contributed by atoms with E-state index in [2.05, 4.69) is 0 Å². The van der Waals surface area contributed by atoms with Crippen LogP contribution < -0.4 is 0 Å². The largest absolute Gasteiger partial charge is 0.444 e. The Morgan fingerprint density at radius 3 is 1.96 bits per heavy atom. The Balaban J connectivity index is 2.41. The summed E-state index contributed by atoms with van der Waals surface area (Å²) in [6.45, 7) is 6.60. The van der Waals surface area contributed by atoms with Gasteiger partial charge in [0.2, 0.25) is 0 Å². The summed E-state index contributed by atoms with van der Waals surface area (Å²) >= 11 is 0. The van der Waals surface area contributed by atoms with E-state index in [4.69, 9.17) is 9.84 Å². The van der Waals surface area contributed by atoms with E-state index in [1.54, 1.807) is 25.7 Å². The van der Waals surface area contributed by atoms with Gasteiger partial charge in [-0.3, -0.25) is 4.90 Å². The SMILES string of the molecule is CC(C)(C)OC(=O)N1CCN(C[C@H](O)[C@@H](O)[C@@H](O)[C@H](O)CO)CC1.